The number of hydrogen-bond donors (Lipinski definition) is 3. The predicted octanol–water partition coefficient (Wildman–Crippen LogP) is 3.13. The Kier molecular flexibility index (Phi) is 17.3. The molecule has 0 amide bonds. The molecular weight excluding hydrogens is 787 g/mol. The van der Waals surface area contributed by atoms with Crippen molar-refractivity contribution in [3.8, 4) is 5.69 Å². The second kappa shape index (κ2) is 20.9. The van der Waals surface area contributed by atoms with Gasteiger partial charge in [-0.15, -0.1) is 5.10 Å². The van der Waals surface area contributed by atoms with E-state index in [1.54, 1.807) is 34.1 Å². The summed E-state index contributed by atoms with van der Waals surface area (Å²) in [5.74, 6) is -2.51. The van der Waals surface area contributed by atoms with Crippen molar-refractivity contribution in [2.45, 2.75) is 66.8 Å². The lowest BCUT2D eigenvalue weighted by atomic mass is 10.1. The number of nitrogens with zero attached hydrogens (tertiary/aromatic N) is 4. The minimum Gasteiger partial charge on any atom is -0.808 e. The van der Waals surface area contributed by atoms with E-state index in [1.165, 1.54) is 69.1 Å². The molecule has 2 aromatic heterocycles. The van der Waals surface area contributed by atoms with E-state index >= 15 is 0 Å². The third-order valence-electron chi connectivity index (χ3n) is 9.18. The van der Waals surface area contributed by atoms with E-state index in [0.29, 0.717) is 26.6 Å². The van der Waals surface area contributed by atoms with Crippen LogP contribution in [0, 0.1) is 11.6 Å². The van der Waals surface area contributed by atoms with Crippen molar-refractivity contribution in [2.24, 2.45) is 0 Å². The molecule has 296 valence electrons. The Balaban J connectivity index is 0.000000476. The summed E-state index contributed by atoms with van der Waals surface area (Å²) in [5.41, 5.74) is 1.83. The molecule has 0 aliphatic carbocycles. The maximum Gasteiger partial charge on any atom is 0.343 e. The van der Waals surface area contributed by atoms with Crippen LogP contribution in [0.2, 0.25) is 0 Å². The van der Waals surface area contributed by atoms with Gasteiger partial charge in [0.25, 0.3) is 0 Å². The van der Waals surface area contributed by atoms with Crippen molar-refractivity contribution >= 4 is 51.4 Å². The van der Waals surface area contributed by atoms with Crippen LogP contribution in [0.5, 0.6) is 0 Å². The van der Waals surface area contributed by atoms with Crippen molar-refractivity contribution in [3.63, 3.8) is 0 Å². The number of ether oxygens (including phenoxy) is 2. The van der Waals surface area contributed by atoms with Crippen molar-refractivity contribution in [3.05, 3.63) is 82.0 Å². The number of carbonyl (C=O) groups excluding carboxylic acids is 1. The number of esters is 1. The zero-order chi connectivity index (χ0) is 40.1. The van der Waals surface area contributed by atoms with E-state index < -0.39 is 43.6 Å². The van der Waals surface area contributed by atoms with Crippen molar-refractivity contribution in [2.75, 3.05) is 45.9 Å². The van der Waals surface area contributed by atoms with Crippen molar-refractivity contribution < 1.29 is 47.2 Å². The Bertz CT molecular complexity index is 1960. The standard InChI is InChI=1S/C25H21BrF2N5O6P.2C6H15N/c1-2-38-24(34)25(40(35,36)37,12-14-3-5-16(27)6-4-14)39-13-21-18-8-7-17(11-20(18)29-30-21)33-22-10-15(26)9-19(28)23(22)31-32-33;2*1-4-7(5-2)6-3/h3-11H,2,12-13H2,1H3,(H,29,30)(H2,35,36,37);2*4-6H2,1-3H3. The first-order valence-corrected chi connectivity index (χ1v) is 20.5. The lowest BCUT2D eigenvalue weighted by Crippen LogP contribution is -3.11. The number of quaternary nitrogens is 2. The first-order chi connectivity index (χ1) is 25.7. The molecule has 54 heavy (non-hydrogen) atoms. The molecule has 17 heteroatoms. The largest absolute Gasteiger partial charge is 0.808 e. The molecule has 0 bridgehead atoms. The number of aromatic nitrogens is 5. The van der Waals surface area contributed by atoms with Gasteiger partial charge in [0.1, 0.15) is 11.3 Å². The molecule has 0 spiro atoms. The van der Waals surface area contributed by atoms with Crippen LogP contribution in [0.1, 0.15) is 59.7 Å². The molecule has 3 N–H and O–H groups in total. The molecule has 0 fully saturated rings. The third-order valence-corrected chi connectivity index (χ3v) is 11.0. The fraction of sp³-hybridized carbons (Fsp3) is 0.459. The molecule has 1 unspecified atom stereocenters. The van der Waals surface area contributed by atoms with Gasteiger partial charge in [-0.25, -0.2) is 18.3 Å². The third kappa shape index (κ3) is 11.2. The Morgan fingerprint density at radius 2 is 1.50 bits per heavy atom. The van der Waals surface area contributed by atoms with Gasteiger partial charge in [0.05, 0.1) is 74.9 Å². The summed E-state index contributed by atoms with van der Waals surface area (Å²) in [6.45, 7) is 21.7. The Hall–Kier alpha value is -3.63. The van der Waals surface area contributed by atoms with Gasteiger partial charge >= 0.3 is 5.97 Å². The molecule has 3 aromatic carbocycles. The number of nitrogens with one attached hydrogen (secondary N) is 3. The summed E-state index contributed by atoms with van der Waals surface area (Å²) in [6, 6.07) is 12.5. The lowest BCUT2D eigenvalue weighted by Gasteiger charge is -2.46. The van der Waals surface area contributed by atoms with Crippen molar-refractivity contribution in [1.29, 1.82) is 0 Å². The summed E-state index contributed by atoms with van der Waals surface area (Å²) in [5, 5.41) is 12.4. The van der Waals surface area contributed by atoms with Crippen LogP contribution in [-0.2, 0) is 31.9 Å². The molecular formula is C37H51BrF2N7O6P. The zero-order valence-electron chi connectivity index (χ0n) is 31.9. The van der Waals surface area contributed by atoms with Crippen LogP contribution in [0.25, 0.3) is 27.6 Å². The summed E-state index contributed by atoms with van der Waals surface area (Å²) in [6.07, 6.45) is -0.696. The number of benzene rings is 3. The minimum atomic E-state index is -5.80. The number of carbonyl (C=O) groups is 1. The second-order valence-corrected chi connectivity index (χ2v) is 15.0. The van der Waals surface area contributed by atoms with Gasteiger partial charge in [-0.1, -0.05) is 33.3 Å². The lowest BCUT2D eigenvalue weighted by molar-refractivity contribution is -0.894. The first kappa shape index (κ1) is 44.8. The first-order valence-electron chi connectivity index (χ1n) is 18.1. The number of H-pyrrole nitrogens is 1. The Labute approximate surface area is 323 Å². The van der Waals surface area contributed by atoms with Gasteiger partial charge in [0.2, 0.25) is 0 Å². The van der Waals surface area contributed by atoms with Gasteiger partial charge < -0.3 is 33.6 Å². The topological polar surface area (TPSA) is 167 Å². The van der Waals surface area contributed by atoms with Crippen LogP contribution in [-0.4, -0.2) is 82.4 Å². The Morgan fingerprint density at radius 1 is 0.907 bits per heavy atom. The highest BCUT2D eigenvalue weighted by Crippen LogP contribution is 2.47. The normalized spacial score (nSPS) is 12.7. The highest BCUT2D eigenvalue weighted by atomic mass is 79.9. The van der Waals surface area contributed by atoms with E-state index in [2.05, 4.69) is 78.0 Å². The van der Waals surface area contributed by atoms with Gasteiger partial charge in [-0.05, 0) is 104 Å². The van der Waals surface area contributed by atoms with Crippen LogP contribution in [0.3, 0.4) is 0 Å². The van der Waals surface area contributed by atoms with Gasteiger partial charge in [0.15, 0.2) is 11.2 Å². The molecule has 0 aliphatic heterocycles. The molecule has 5 rings (SSSR count). The van der Waals surface area contributed by atoms with Crippen LogP contribution in [0.15, 0.2) is 59.1 Å². The summed E-state index contributed by atoms with van der Waals surface area (Å²) >= 11 is 3.25. The van der Waals surface area contributed by atoms with Crippen LogP contribution >= 0.6 is 23.5 Å². The minimum absolute atomic E-state index is 0.0792. The quantitative estimate of drug-likeness (QED) is 0.106. The number of fused-ring (bicyclic) bond motifs is 2. The summed E-state index contributed by atoms with van der Waals surface area (Å²) in [7, 11) is -5.80. The summed E-state index contributed by atoms with van der Waals surface area (Å²) < 4.78 is 52.6. The van der Waals surface area contributed by atoms with Gasteiger partial charge in [-0.2, -0.15) is 5.10 Å². The maximum atomic E-state index is 14.3. The van der Waals surface area contributed by atoms with E-state index in [4.69, 9.17) is 9.47 Å². The van der Waals surface area contributed by atoms with E-state index in [9.17, 15) is 27.9 Å². The molecule has 13 nitrogen and oxygen atoms in total. The highest BCUT2D eigenvalue weighted by Gasteiger charge is 2.45. The zero-order valence-corrected chi connectivity index (χ0v) is 34.4. The van der Waals surface area contributed by atoms with Gasteiger partial charge in [-0.3, -0.25) is 5.10 Å². The molecule has 5 aromatic rings. The van der Waals surface area contributed by atoms with Crippen LogP contribution < -0.4 is 19.6 Å². The molecule has 1 atom stereocenters. The molecule has 0 saturated heterocycles. The molecule has 0 aliphatic rings. The fourth-order valence-corrected chi connectivity index (χ4v) is 7.03. The molecule has 0 radical (unpaired) electrons. The number of aromatic amines is 1. The van der Waals surface area contributed by atoms with E-state index in [1.807, 2.05) is 0 Å². The predicted molar refractivity (Wildman–Crippen MR) is 203 cm³/mol. The molecule has 0 saturated carbocycles. The van der Waals surface area contributed by atoms with E-state index in [0.717, 1.165) is 12.1 Å². The Morgan fingerprint density at radius 3 is 2.02 bits per heavy atom. The van der Waals surface area contributed by atoms with Crippen LogP contribution in [0.4, 0.5) is 8.78 Å². The smallest absolute Gasteiger partial charge is 0.343 e. The number of rotatable bonds is 15. The second-order valence-electron chi connectivity index (χ2n) is 12.4. The SMILES string of the molecule is CCOC(=O)C(Cc1ccc(F)cc1)(OCc1[nH]nc2cc(-n3nnc4c(F)cc(Br)cc43)ccc12)P(=O)([O-])[O-].CC[NH+](CC)CC.CC[NH+](CC)CC. The highest BCUT2D eigenvalue weighted by molar-refractivity contribution is 9.10. The van der Waals surface area contributed by atoms with E-state index in [-0.39, 0.29) is 23.4 Å². The fourth-order valence-electron chi connectivity index (χ4n) is 5.72. The summed E-state index contributed by atoms with van der Waals surface area (Å²) in [4.78, 5) is 41.2. The van der Waals surface area contributed by atoms with Crippen molar-refractivity contribution in [1.82, 2.24) is 25.2 Å². The average Bonchev–Trinajstić information content (AvgIpc) is 3.76. The monoisotopic (exact) mass is 837 g/mol. The van der Waals surface area contributed by atoms with Gasteiger partial charge in [0, 0.05) is 16.3 Å². The maximum absolute atomic E-state index is 14.3. The number of hydrogen-bond acceptors (Lipinski definition) is 9. The molecule has 2 heterocycles. The number of halogens is 3. The average molecular weight is 839 g/mol.